The second-order valence-corrected chi connectivity index (χ2v) is 9.17. The van der Waals surface area contributed by atoms with E-state index < -0.39 is 0 Å². The predicted molar refractivity (Wildman–Crippen MR) is 111 cm³/mol. The Morgan fingerprint density at radius 1 is 1.41 bits per heavy atom. The Balaban J connectivity index is 1.74. The van der Waals surface area contributed by atoms with Crippen molar-refractivity contribution in [2.45, 2.75) is 44.9 Å². The number of hydrogen-bond acceptors (Lipinski definition) is 6. The van der Waals surface area contributed by atoms with Crippen LogP contribution in [-0.4, -0.2) is 65.2 Å². The Bertz CT molecular complexity index is 854. The van der Waals surface area contributed by atoms with Crippen LogP contribution in [0.3, 0.4) is 0 Å². The molecule has 8 nitrogen and oxygen atoms in total. The van der Waals surface area contributed by atoms with Crippen LogP contribution in [0.5, 0.6) is 0 Å². The van der Waals surface area contributed by atoms with Crippen LogP contribution in [0.25, 0.3) is 0 Å². The molecule has 1 fully saturated rings. The summed E-state index contributed by atoms with van der Waals surface area (Å²) in [5, 5.41) is 9.91. The molecule has 1 atom stereocenters. The maximum absolute atomic E-state index is 13.2. The number of H-pyrrole nitrogens is 1. The van der Waals surface area contributed by atoms with Crippen LogP contribution >= 0.6 is 11.3 Å². The number of rotatable bonds is 6. The average molecular weight is 420 g/mol. The van der Waals surface area contributed by atoms with E-state index in [4.69, 9.17) is 4.74 Å². The quantitative estimate of drug-likeness (QED) is 0.701. The number of methoxy groups -OCH3 is 1. The molecule has 1 unspecified atom stereocenters. The van der Waals surface area contributed by atoms with E-state index in [1.165, 1.54) is 11.3 Å². The average Bonchev–Trinajstić information content (AvgIpc) is 3.37. The lowest BCUT2D eigenvalue weighted by Crippen LogP contribution is -2.40. The SMILES string of the molecule is COCCNC(=O)c1cn[nH]c1C1CCCN(C(=O)c2scnc2C(C)(C)C)C1. The van der Waals surface area contributed by atoms with Gasteiger partial charge in [0.1, 0.15) is 4.88 Å². The lowest BCUT2D eigenvalue weighted by atomic mass is 9.90. The van der Waals surface area contributed by atoms with Crippen LogP contribution in [0, 0.1) is 0 Å². The second kappa shape index (κ2) is 9.04. The maximum atomic E-state index is 13.2. The number of aromatic nitrogens is 3. The van der Waals surface area contributed by atoms with Crippen molar-refractivity contribution in [3.05, 3.63) is 33.5 Å². The van der Waals surface area contributed by atoms with Gasteiger partial charge in [-0.3, -0.25) is 14.7 Å². The third-order valence-electron chi connectivity index (χ3n) is 5.09. The number of ether oxygens (including phenoxy) is 1. The standard InChI is InChI=1S/C20H29N5O3S/c1-20(2,3)17-16(29-12-22-17)19(27)25-8-5-6-13(11-25)15-14(10-23-24-15)18(26)21-7-9-28-4/h10,12-13H,5-9,11H2,1-4H3,(H,21,26)(H,23,24). The highest BCUT2D eigenvalue weighted by Crippen LogP contribution is 2.32. The number of aromatic amines is 1. The minimum Gasteiger partial charge on any atom is -0.383 e. The highest BCUT2D eigenvalue weighted by atomic mass is 32.1. The predicted octanol–water partition coefficient (Wildman–Crippen LogP) is 2.56. The van der Waals surface area contributed by atoms with E-state index in [1.807, 2.05) is 4.90 Å². The van der Waals surface area contributed by atoms with E-state index in [0.717, 1.165) is 24.2 Å². The minimum absolute atomic E-state index is 0.0211. The van der Waals surface area contributed by atoms with Gasteiger partial charge in [0, 0.05) is 38.1 Å². The molecule has 3 rings (SSSR count). The Hall–Kier alpha value is -2.26. The molecule has 0 bridgehead atoms. The number of piperidine rings is 1. The number of nitrogens with one attached hydrogen (secondary N) is 2. The van der Waals surface area contributed by atoms with Crippen molar-refractivity contribution in [2.24, 2.45) is 0 Å². The molecule has 0 aliphatic carbocycles. The third kappa shape index (κ3) is 4.84. The van der Waals surface area contributed by atoms with Crippen molar-refractivity contribution in [1.82, 2.24) is 25.4 Å². The fraction of sp³-hybridized carbons (Fsp3) is 0.600. The molecular weight excluding hydrogens is 390 g/mol. The maximum Gasteiger partial charge on any atom is 0.265 e. The van der Waals surface area contributed by atoms with Crippen molar-refractivity contribution in [3.8, 4) is 0 Å². The van der Waals surface area contributed by atoms with Gasteiger partial charge in [-0.25, -0.2) is 4.98 Å². The van der Waals surface area contributed by atoms with Crippen LogP contribution in [-0.2, 0) is 10.2 Å². The van der Waals surface area contributed by atoms with Crippen molar-refractivity contribution in [2.75, 3.05) is 33.4 Å². The molecule has 0 radical (unpaired) electrons. The molecule has 2 amide bonds. The lowest BCUT2D eigenvalue weighted by molar-refractivity contribution is 0.0708. The molecule has 1 aliphatic rings. The van der Waals surface area contributed by atoms with E-state index in [0.29, 0.717) is 36.7 Å². The fourth-order valence-electron chi connectivity index (χ4n) is 3.62. The highest BCUT2D eigenvalue weighted by molar-refractivity contribution is 7.11. The van der Waals surface area contributed by atoms with Crippen molar-refractivity contribution < 1.29 is 14.3 Å². The van der Waals surface area contributed by atoms with E-state index >= 15 is 0 Å². The molecule has 0 saturated carbocycles. The summed E-state index contributed by atoms with van der Waals surface area (Å²) in [7, 11) is 1.59. The zero-order valence-electron chi connectivity index (χ0n) is 17.4. The summed E-state index contributed by atoms with van der Waals surface area (Å²) in [6.45, 7) is 8.36. The molecule has 2 N–H and O–H groups in total. The minimum atomic E-state index is -0.184. The highest BCUT2D eigenvalue weighted by Gasteiger charge is 2.32. The molecule has 29 heavy (non-hydrogen) atoms. The van der Waals surface area contributed by atoms with Crippen LogP contribution in [0.2, 0.25) is 0 Å². The molecule has 3 heterocycles. The fourth-order valence-corrected chi connectivity index (χ4v) is 4.59. The zero-order valence-corrected chi connectivity index (χ0v) is 18.3. The second-order valence-electron chi connectivity index (χ2n) is 8.32. The van der Waals surface area contributed by atoms with Crippen LogP contribution in [0.1, 0.15) is 70.9 Å². The smallest absolute Gasteiger partial charge is 0.265 e. The third-order valence-corrected chi connectivity index (χ3v) is 5.91. The van der Waals surface area contributed by atoms with E-state index in [9.17, 15) is 9.59 Å². The first kappa shape index (κ1) is 21.4. The van der Waals surface area contributed by atoms with Gasteiger partial charge in [-0.1, -0.05) is 20.8 Å². The van der Waals surface area contributed by atoms with E-state index in [-0.39, 0.29) is 23.1 Å². The molecular formula is C20H29N5O3S. The number of hydrogen-bond donors (Lipinski definition) is 2. The summed E-state index contributed by atoms with van der Waals surface area (Å²) in [5.74, 6) is -0.108. The van der Waals surface area contributed by atoms with Gasteiger partial charge in [-0.05, 0) is 12.8 Å². The number of nitrogens with zero attached hydrogens (tertiary/aromatic N) is 3. The largest absolute Gasteiger partial charge is 0.383 e. The molecule has 0 aromatic carbocycles. The first-order chi connectivity index (χ1) is 13.8. The molecule has 158 valence electrons. The Labute approximate surface area is 175 Å². The number of likely N-dealkylation sites (tertiary alicyclic amines) is 1. The normalized spacial score (nSPS) is 17.4. The molecule has 2 aromatic heterocycles. The molecule has 2 aromatic rings. The van der Waals surface area contributed by atoms with Gasteiger partial charge in [-0.15, -0.1) is 11.3 Å². The van der Waals surface area contributed by atoms with Gasteiger partial charge in [0.25, 0.3) is 11.8 Å². The summed E-state index contributed by atoms with van der Waals surface area (Å²) >= 11 is 1.40. The summed E-state index contributed by atoms with van der Waals surface area (Å²) in [4.78, 5) is 32.7. The number of thiazole rings is 1. The number of carbonyl (C=O) groups is 2. The van der Waals surface area contributed by atoms with Crippen LogP contribution in [0.15, 0.2) is 11.7 Å². The summed E-state index contributed by atoms with van der Waals surface area (Å²) in [6.07, 6.45) is 3.34. The van der Waals surface area contributed by atoms with Gasteiger partial charge >= 0.3 is 0 Å². The summed E-state index contributed by atoms with van der Waals surface area (Å²) in [6, 6.07) is 0. The molecule has 0 spiro atoms. The Morgan fingerprint density at radius 2 is 2.21 bits per heavy atom. The first-order valence-corrected chi connectivity index (χ1v) is 10.7. The van der Waals surface area contributed by atoms with Gasteiger partial charge < -0.3 is 15.0 Å². The zero-order chi connectivity index (χ0) is 21.0. The molecule has 1 aliphatic heterocycles. The molecule has 9 heteroatoms. The number of amides is 2. The molecule has 1 saturated heterocycles. The monoisotopic (exact) mass is 419 g/mol. The summed E-state index contributed by atoms with van der Waals surface area (Å²) in [5.41, 5.74) is 3.73. The number of carbonyl (C=O) groups excluding carboxylic acids is 2. The topological polar surface area (TPSA) is 100 Å². The van der Waals surface area contributed by atoms with Gasteiger partial charge in [0.05, 0.1) is 35.3 Å². The summed E-state index contributed by atoms with van der Waals surface area (Å²) < 4.78 is 4.98. The first-order valence-electron chi connectivity index (χ1n) is 9.86. The van der Waals surface area contributed by atoms with Crippen molar-refractivity contribution in [3.63, 3.8) is 0 Å². The van der Waals surface area contributed by atoms with Crippen LogP contribution < -0.4 is 5.32 Å². The Morgan fingerprint density at radius 3 is 2.93 bits per heavy atom. The lowest BCUT2D eigenvalue weighted by Gasteiger charge is -2.33. The van der Waals surface area contributed by atoms with E-state index in [2.05, 4.69) is 41.3 Å². The Kier molecular flexibility index (Phi) is 6.69. The van der Waals surface area contributed by atoms with Crippen molar-refractivity contribution >= 4 is 23.2 Å². The van der Waals surface area contributed by atoms with Crippen LogP contribution in [0.4, 0.5) is 0 Å². The van der Waals surface area contributed by atoms with Gasteiger partial charge in [-0.2, -0.15) is 5.10 Å². The van der Waals surface area contributed by atoms with Gasteiger partial charge in [0.2, 0.25) is 0 Å². The van der Waals surface area contributed by atoms with E-state index in [1.54, 1.807) is 18.8 Å². The van der Waals surface area contributed by atoms with Gasteiger partial charge in [0.15, 0.2) is 0 Å². The van der Waals surface area contributed by atoms with Crippen molar-refractivity contribution in [1.29, 1.82) is 0 Å².